The van der Waals surface area contributed by atoms with E-state index in [9.17, 15) is 15.0 Å². The summed E-state index contributed by atoms with van der Waals surface area (Å²) in [4.78, 5) is 12.6. The largest absolute Gasteiger partial charge is 0.494 e. The van der Waals surface area contributed by atoms with E-state index in [1.165, 1.54) is 57.8 Å². The standard InChI is InChI=1S/C36H52BNO6/c1-2-3-4-5-6-7-8-9-10-11-12-13-14-15-19-25-32(39)38-36-34(41)33(40)35-31(43-36)27-42-37(44-35)30-24-20-23-29(26-30)28-21-17-16-18-22-28/h9-10,16-18,20-24,26,31,33-36,40-41H,2-8,11-15,19,25,27H2,1H3,(H,38,39)/b10-9-/t31-,33-,34-,35-,36-/m1/s1. The molecule has 7 nitrogen and oxygen atoms in total. The molecule has 0 aliphatic carbocycles. The van der Waals surface area contributed by atoms with E-state index < -0.39 is 37.8 Å². The molecular weight excluding hydrogens is 553 g/mol. The average molecular weight is 606 g/mol. The Morgan fingerprint density at radius 3 is 2.23 bits per heavy atom. The molecule has 240 valence electrons. The Labute approximate surface area is 264 Å². The summed E-state index contributed by atoms with van der Waals surface area (Å²) in [6.07, 6.45) is 15.7. The number of fused-ring (bicyclic) bond motifs is 1. The lowest BCUT2D eigenvalue weighted by molar-refractivity contribution is -0.242. The van der Waals surface area contributed by atoms with Crippen molar-refractivity contribution < 1.29 is 29.1 Å². The summed E-state index contributed by atoms with van der Waals surface area (Å²) in [5, 5.41) is 24.4. The third kappa shape index (κ3) is 10.8. The van der Waals surface area contributed by atoms with Crippen molar-refractivity contribution in [3.63, 3.8) is 0 Å². The second-order valence-corrected chi connectivity index (χ2v) is 12.2. The molecule has 2 aromatic rings. The van der Waals surface area contributed by atoms with Crippen LogP contribution in [0.3, 0.4) is 0 Å². The molecule has 4 rings (SSSR count). The van der Waals surface area contributed by atoms with E-state index >= 15 is 0 Å². The van der Waals surface area contributed by atoms with Crippen LogP contribution in [0.25, 0.3) is 11.1 Å². The highest BCUT2D eigenvalue weighted by molar-refractivity contribution is 6.61. The van der Waals surface area contributed by atoms with E-state index in [1.807, 2.05) is 54.6 Å². The number of allylic oxidation sites excluding steroid dienone is 2. The minimum Gasteiger partial charge on any atom is -0.404 e. The van der Waals surface area contributed by atoms with Gasteiger partial charge in [-0.3, -0.25) is 4.79 Å². The summed E-state index contributed by atoms with van der Waals surface area (Å²) in [5.41, 5.74) is 2.94. The number of ether oxygens (including phenoxy) is 1. The zero-order valence-corrected chi connectivity index (χ0v) is 26.4. The van der Waals surface area contributed by atoms with Gasteiger partial charge in [0, 0.05) is 6.42 Å². The maximum atomic E-state index is 12.6. The first-order valence-corrected chi connectivity index (χ1v) is 16.9. The average Bonchev–Trinajstić information content (AvgIpc) is 3.05. The van der Waals surface area contributed by atoms with Crippen LogP contribution in [-0.2, 0) is 18.8 Å². The van der Waals surface area contributed by atoms with Gasteiger partial charge in [0.15, 0.2) is 6.23 Å². The molecule has 0 saturated carbocycles. The molecule has 0 aromatic heterocycles. The summed E-state index contributed by atoms with van der Waals surface area (Å²) in [6, 6.07) is 17.9. The van der Waals surface area contributed by atoms with Crippen molar-refractivity contribution in [2.75, 3.05) is 6.61 Å². The number of aliphatic hydroxyl groups is 2. The molecule has 8 heteroatoms. The molecule has 1 amide bonds. The van der Waals surface area contributed by atoms with Crippen molar-refractivity contribution in [3.8, 4) is 11.1 Å². The van der Waals surface area contributed by atoms with Gasteiger partial charge >= 0.3 is 7.12 Å². The van der Waals surface area contributed by atoms with Gasteiger partial charge in [0.05, 0.1) is 6.61 Å². The van der Waals surface area contributed by atoms with Crippen molar-refractivity contribution in [2.24, 2.45) is 0 Å². The van der Waals surface area contributed by atoms with Crippen molar-refractivity contribution in [2.45, 2.75) is 127 Å². The van der Waals surface area contributed by atoms with E-state index in [-0.39, 0.29) is 12.5 Å². The molecule has 0 bridgehead atoms. The number of aliphatic hydroxyl groups excluding tert-OH is 2. The van der Waals surface area contributed by atoms with Crippen LogP contribution in [0.5, 0.6) is 0 Å². The summed E-state index contributed by atoms with van der Waals surface area (Å²) in [7, 11) is -0.697. The fraction of sp³-hybridized carbons (Fsp3) is 0.583. The highest BCUT2D eigenvalue weighted by Gasteiger charge is 2.50. The number of nitrogens with one attached hydrogen (secondary N) is 1. The maximum Gasteiger partial charge on any atom is 0.494 e. The van der Waals surface area contributed by atoms with Crippen LogP contribution in [0.1, 0.15) is 96.8 Å². The lowest BCUT2D eigenvalue weighted by Gasteiger charge is -2.46. The Hall–Kier alpha value is -2.49. The van der Waals surface area contributed by atoms with Crippen LogP contribution in [0.15, 0.2) is 66.7 Å². The first kappa shape index (κ1) is 34.4. The Balaban J connectivity index is 1.10. The molecule has 2 aromatic carbocycles. The van der Waals surface area contributed by atoms with Gasteiger partial charge in [-0.15, -0.1) is 0 Å². The van der Waals surface area contributed by atoms with E-state index in [0.717, 1.165) is 42.3 Å². The van der Waals surface area contributed by atoms with Gasteiger partial charge in [-0.2, -0.15) is 0 Å². The minimum absolute atomic E-state index is 0.176. The molecule has 0 spiro atoms. The number of carbonyl (C=O) groups is 1. The molecule has 2 heterocycles. The zero-order chi connectivity index (χ0) is 31.0. The van der Waals surface area contributed by atoms with Crippen LogP contribution in [0.2, 0.25) is 0 Å². The fourth-order valence-corrected chi connectivity index (χ4v) is 5.98. The highest BCUT2D eigenvalue weighted by atomic mass is 16.7. The van der Waals surface area contributed by atoms with Crippen LogP contribution in [0, 0.1) is 0 Å². The number of hydrogen-bond acceptors (Lipinski definition) is 6. The number of hydrogen-bond donors (Lipinski definition) is 3. The Morgan fingerprint density at radius 1 is 0.841 bits per heavy atom. The van der Waals surface area contributed by atoms with Gasteiger partial charge in [-0.25, -0.2) is 0 Å². The van der Waals surface area contributed by atoms with Crippen molar-refractivity contribution in [1.29, 1.82) is 0 Å². The smallest absolute Gasteiger partial charge is 0.404 e. The predicted molar refractivity (Wildman–Crippen MR) is 176 cm³/mol. The SMILES string of the molecule is CCCCCCCC/C=C\CCCCCCCC(=O)N[C@@H]1O[C@@H]2COB(c3cccc(-c4ccccc4)c3)O[C@H]2[C@H](O)[C@H]1O. The Kier molecular flexibility index (Phi) is 14.9. The molecular formula is C36H52BNO6. The van der Waals surface area contributed by atoms with Gasteiger partial charge in [-0.1, -0.05) is 125 Å². The van der Waals surface area contributed by atoms with E-state index in [2.05, 4.69) is 24.4 Å². The third-order valence-corrected chi connectivity index (χ3v) is 8.61. The topological polar surface area (TPSA) is 97.3 Å². The molecule has 2 aliphatic rings. The number of amides is 1. The summed E-state index contributed by atoms with van der Waals surface area (Å²) < 4.78 is 18.0. The van der Waals surface area contributed by atoms with Gasteiger partial charge in [0.1, 0.15) is 24.4 Å². The van der Waals surface area contributed by atoms with Crippen molar-refractivity contribution >= 4 is 18.5 Å². The van der Waals surface area contributed by atoms with Gasteiger partial charge in [-0.05, 0) is 48.7 Å². The zero-order valence-electron chi connectivity index (χ0n) is 26.4. The van der Waals surface area contributed by atoms with Crippen molar-refractivity contribution in [3.05, 3.63) is 66.7 Å². The van der Waals surface area contributed by atoms with Crippen LogP contribution in [0.4, 0.5) is 0 Å². The first-order valence-electron chi connectivity index (χ1n) is 16.9. The molecule has 3 N–H and O–H groups in total. The number of benzene rings is 2. The van der Waals surface area contributed by atoms with Crippen LogP contribution in [-0.4, -0.2) is 60.5 Å². The second kappa shape index (κ2) is 19.1. The van der Waals surface area contributed by atoms with Crippen molar-refractivity contribution in [1.82, 2.24) is 5.32 Å². The molecule has 44 heavy (non-hydrogen) atoms. The fourth-order valence-electron chi connectivity index (χ4n) is 5.98. The lowest BCUT2D eigenvalue weighted by atomic mass is 9.75. The van der Waals surface area contributed by atoms with Gasteiger partial charge < -0.3 is 29.6 Å². The van der Waals surface area contributed by atoms with Crippen LogP contribution < -0.4 is 10.8 Å². The van der Waals surface area contributed by atoms with Gasteiger partial charge in [0.2, 0.25) is 5.91 Å². The molecule has 0 radical (unpaired) electrons. The quantitative estimate of drug-likeness (QED) is 0.109. The Morgan fingerprint density at radius 2 is 1.50 bits per heavy atom. The number of carbonyl (C=O) groups excluding carboxylic acids is 1. The monoisotopic (exact) mass is 605 g/mol. The van der Waals surface area contributed by atoms with E-state index in [0.29, 0.717) is 6.42 Å². The molecule has 0 unspecified atom stereocenters. The lowest BCUT2D eigenvalue weighted by Crippen LogP contribution is -2.67. The number of rotatable bonds is 18. The van der Waals surface area contributed by atoms with Gasteiger partial charge in [0.25, 0.3) is 0 Å². The van der Waals surface area contributed by atoms with E-state index in [1.54, 1.807) is 0 Å². The molecule has 5 atom stereocenters. The maximum absolute atomic E-state index is 12.6. The molecule has 2 aliphatic heterocycles. The summed E-state index contributed by atoms with van der Waals surface area (Å²) in [5.74, 6) is -0.189. The highest BCUT2D eigenvalue weighted by Crippen LogP contribution is 2.27. The molecule has 2 fully saturated rings. The summed E-state index contributed by atoms with van der Waals surface area (Å²) in [6.45, 7) is 2.43. The Bertz CT molecular complexity index is 1130. The first-order chi connectivity index (χ1) is 21.6. The normalized spacial score (nSPS) is 23.5. The molecule has 2 saturated heterocycles. The number of unbranched alkanes of at least 4 members (excludes halogenated alkanes) is 11. The summed E-state index contributed by atoms with van der Waals surface area (Å²) >= 11 is 0. The predicted octanol–water partition coefficient (Wildman–Crippen LogP) is 6.06. The van der Waals surface area contributed by atoms with Crippen LogP contribution >= 0.6 is 0 Å². The second-order valence-electron chi connectivity index (χ2n) is 12.2. The van der Waals surface area contributed by atoms with E-state index in [4.69, 9.17) is 14.0 Å². The third-order valence-electron chi connectivity index (χ3n) is 8.61. The minimum atomic E-state index is -1.30.